The van der Waals surface area contributed by atoms with E-state index in [9.17, 15) is 10.2 Å². The minimum atomic E-state index is -0.184. The molecule has 96 valence electrons. The molecule has 0 amide bonds. The smallest absolute Gasteiger partial charge is 0.195 e. The molecule has 0 atom stereocenters. The van der Waals surface area contributed by atoms with Gasteiger partial charge in [-0.1, -0.05) is 19.9 Å². The number of nitrogens with one attached hydrogen (secondary N) is 1. The van der Waals surface area contributed by atoms with Crippen molar-refractivity contribution in [2.75, 3.05) is 0 Å². The Bertz CT molecular complexity index is 616. The number of aromatic nitrogens is 3. The van der Waals surface area contributed by atoms with E-state index in [0.717, 1.165) is 0 Å². The molecule has 0 aliphatic heterocycles. The van der Waals surface area contributed by atoms with Crippen LogP contribution >= 0.6 is 12.2 Å². The van der Waals surface area contributed by atoms with Gasteiger partial charge in [-0.2, -0.15) is 5.10 Å². The first-order valence-corrected chi connectivity index (χ1v) is 6.08. The third kappa shape index (κ3) is 2.24. The van der Waals surface area contributed by atoms with Crippen LogP contribution in [0.3, 0.4) is 0 Å². The zero-order valence-electron chi connectivity index (χ0n) is 10.2. The second-order valence-electron chi connectivity index (χ2n) is 4.53. The van der Waals surface area contributed by atoms with E-state index in [4.69, 9.17) is 12.2 Å². The second kappa shape index (κ2) is 4.81. The predicted molar refractivity (Wildman–Crippen MR) is 71.0 cm³/mol. The third-order valence-electron chi connectivity index (χ3n) is 2.56. The second-order valence-corrected chi connectivity index (χ2v) is 4.92. The molecule has 0 aliphatic rings. The number of phenolic OH excluding ortho intramolecular Hbond substituents is 2. The molecule has 5 nitrogen and oxygen atoms in total. The number of aromatic hydroxyl groups is 2. The van der Waals surface area contributed by atoms with E-state index < -0.39 is 0 Å². The minimum Gasteiger partial charge on any atom is -0.504 e. The highest BCUT2D eigenvalue weighted by Crippen LogP contribution is 2.35. The Morgan fingerprint density at radius 2 is 2.11 bits per heavy atom. The van der Waals surface area contributed by atoms with E-state index in [2.05, 4.69) is 24.0 Å². The maximum atomic E-state index is 9.87. The summed E-state index contributed by atoms with van der Waals surface area (Å²) in [4.78, 5) is 0. The lowest BCUT2D eigenvalue weighted by Gasteiger charge is -2.10. The predicted octanol–water partition coefficient (Wildman–Crippen LogP) is 2.67. The first-order valence-electron chi connectivity index (χ1n) is 5.67. The molecule has 0 unspecified atom stereocenters. The van der Waals surface area contributed by atoms with Gasteiger partial charge < -0.3 is 10.2 Å². The van der Waals surface area contributed by atoms with Gasteiger partial charge in [-0.25, -0.2) is 0 Å². The van der Waals surface area contributed by atoms with Gasteiger partial charge in [0.05, 0.1) is 5.56 Å². The van der Waals surface area contributed by atoms with Crippen LogP contribution in [0.25, 0.3) is 11.4 Å². The van der Waals surface area contributed by atoms with E-state index in [1.165, 1.54) is 6.07 Å². The van der Waals surface area contributed by atoms with Gasteiger partial charge in [-0.15, -0.1) is 0 Å². The molecule has 0 fully saturated rings. The van der Waals surface area contributed by atoms with Crippen LogP contribution in [0.2, 0.25) is 0 Å². The molecular formula is C12H15N3O2S. The van der Waals surface area contributed by atoms with Gasteiger partial charge in [-0.05, 0) is 30.3 Å². The van der Waals surface area contributed by atoms with Gasteiger partial charge >= 0.3 is 0 Å². The molecule has 2 aromatic rings. The van der Waals surface area contributed by atoms with Crippen LogP contribution in [0.1, 0.15) is 13.8 Å². The Hall–Kier alpha value is -1.82. The maximum Gasteiger partial charge on any atom is 0.195 e. The summed E-state index contributed by atoms with van der Waals surface area (Å²) in [7, 11) is 0. The highest BCUT2D eigenvalue weighted by atomic mass is 32.1. The van der Waals surface area contributed by atoms with Crippen molar-refractivity contribution in [1.82, 2.24) is 14.8 Å². The van der Waals surface area contributed by atoms with E-state index >= 15 is 0 Å². The summed E-state index contributed by atoms with van der Waals surface area (Å²) in [5.74, 6) is 0.573. The molecule has 0 spiro atoms. The number of rotatable bonds is 3. The number of H-pyrrole nitrogens is 1. The lowest BCUT2D eigenvalue weighted by atomic mass is 10.1. The van der Waals surface area contributed by atoms with Gasteiger partial charge in [0, 0.05) is 6.54 Å². The fourth-order valence-corrected chi connectivity index (χ4v) is 1.98. The standard InChI is InChI=1S/C12H15N3O2S/c1-7(2)6-15-11(13-14-12(15)18)8-4-3-5-9(16)10(8)17/h3-5,7,16-17H,6H2,1-2H3,(H,14,18). The summed E-state index contributed by atoms with van der Waals surface area (Å²) in [6, 6.07) is 4.77. The molecule has 1 aromatic heterocycles. The van der Waals surface area contributed by atoms with Crippen molar-refractivity contribution in [2.24, 2.45) is 5.92 Å². The number of hydrogen-bond acceptors (Lipinski definition) is 4. The maximum absolute atomic E-state index is 9.87. The largest absolute Gasteiger partial charge is 0.504 e. The Kier molecular flexibility index (Phi) is 3.38. The molecule has 18 heavy (non-hydrogen) atoms. The van der Waals surface area contributed by atoms with Crippen molar-refractivity contribution in [3.8, 4) is 22.9 Å². The molecule has 0 aliphatic carbocycles. The summed E-state index contributed by atoms with van der Waals surface area (Å²) < 4.78 is 2.32. The van der Waals surface area contributed by atoms with Crippen molar-refractivity contribution >= 4 is 12.2 Å². The van der Waals surface area contributed by atoms with Crippen molar-refractivity contribution in [2.45, 2.75) is 20.4 Å². The molecule has 0 saturated heterocycles. The van der Waals surface area contributed by atoms with Crippen LogP contribution in [0.4, 0.5) is 0 Å². The molecule has 0 bridgehead atoms. The quantitative estimate of drug-likeness (QED) is 0.589. The fourth-order valence-electron chi connectivity index (χ4n) is 1.77. The topological polar surface area (TPSA) is 74.1 Å². The van der Waals surface area contributed by atoms with E-state index in [0.29, 0.717) is 28.6 Å². The summed E-state index contributed by atoms with van der Waals surface area (Å²) in [6.07, 6.45) is 0. The molecule has 2 rings (SSSR count). The van der Waals surface area contributed by atoms with E-state index in [1.807, 2.05) is 4.57 Å². The average Bonchev–Trinajstić information content (AvgIpc) is 2.64. The minimum absolute atomic E-state index is 0.169. The fraction of sp³-hybridized carbons (Fsp3) is 0.333. The van der Waals surface area contributed by atoms with Gasteiger partial charge in [0.2, 0.25) is 0 Å². The normalized spacial score (nSPS) is 11.1. The zero-order chi connectivity index (χ0) is 13.3. The molecular weight excluding hydrogens is 250 g/mol. The lowest BCUT2D eigenvalue weighted by Crippen LogP contribution is -2.06. The summed E-state index contributed by atoms with van der Waals surface area (Å²) in [5.41, 5.74) is 0.461. The van der Waals surface area contributed by atoms with Crippen LogP contribution in [-0.2, 0) is 6.54 Å². The average molecular weight is 265 g/mol. The number of aromatic amines is 1. The van der Waals surface area contributed by atoms with Gasteiger partial charge in [0.1, 0.15) is 0 Å². The highest BCUT2D eigenvalue weighted by molar-refractivity contribution is 7.71. The molecule has 6 heteroatoms. The molecule has 0 saturated carbocycles. The van der Waals surface area contributed by atoms with E-state index in [1.54, 1.807) is 12.1 Å². The zero-order valence-corrected chi connectivity index (χ0v) is 11.0. The van der Waals surface area contributed by atoms with Gasteiger partial charge in [-0.3, -0.25) is 9.67 Å². The first-order chi connectivity index (χ1) is 8.50. The Balaban J connectivity index is 2.58. The van der Waals surface area contributed by atoms with Crippen LogP contribution in [0.15, 0.2) is 18.2 Å². The summed E-state index contributed by atoms with van der Waals surface area (Å²) >= 11 is 5.17. The number of phenols is 2. The lowest BCUT2D eigenvalue weighted by molar-refractivity contribution is 0.404. The van der Waals surface area contributed by atoms with Gasteiger partial charge in [0.15, 0.2) is 22.1 Å². The molecule has 1 aromatic carbocycles. The monoisotopic (exact) mass is 265 g/mol. The number of hydrogen-bond donors (Lipinski definition) is 3. The van der Waals surface area contributed by atoms with Crippen LogP contribution in [0, 0.1) is 10.7 Å². The summed E-state index contributed by atoms with van der Waals surface area (Å²) in [6.45, 7) is 4.83. The van der Waals surface area contributed by atoms with Crippen LogP contribution < -0.4 is 0 Å². The molecule has 1 heterocycles. The Labute approximate surface area is 110 Å². The highest BCUT2D eigenvalue weighted by Gasteiger charge is 2.15. The SMILES string of the molecule is CC(C)Cn1c(-c2cccc(O)c2O)n[nH]c1=S. The first kappa shape index (κ1) is 12.6. The van der Waals surface area contributed by atoms with E-state index in [-0.39, 0.29) is 11.5 Å². The van der Waals surface area contributed by atoms with Crippen molar-refractivity contribution < 1.29 is 10.2 Å². The number of para-hydroxylation sites is 1. The van der Waals surface area contributed by atoms with Gasteiger partial charge in [0.25, 0.3) is 0 Å². The number of benzene rings is 1. The van der Waals surface area contributed by atoms with Crippen molar-refractivity contribution in [3.05, 3.63) is 23.0 Å². The van der Waals surface area contributed by atoms with Crippen LogP contribution in [-0.4, -0.2) is 25.0 Å². The van der Waals surface area contributed by atoms with Crippen molar-refractivity contribution in [3.63, 3.8) is 0 Å². The Morgan fingerprint density at radius 3 is 2.78 bits per heavy atom. The van der Waals surface area contributed by atoms with Crippen molar-refractivity contribution in [1.29, 1.82) is 0 Å². The molecule has 3 N–H and O–H groups in total. The third-order valence-corrected chi connectivity index (χ3v) is 2.87. The summed E-state index contributed by atoms with van der Waals surface area (Å²) in [5, 5.41) is 26.2. The number of nitrogens with zero attached hydrogens (tertiary/aromatic N) is 2. The Morgan fingerprint density at radius 1 is 1.39 bits per heavy atom. The van der Waals surface area contributed by atoms with Crippen LogP contribution in [0.5, 0.6) is 11.5 Å². The molecule has 0 radical (unpaired) electrons.